The van der Waals surface area contributed by atoms with Gasteiger partial charge in [-0.25, -0.2) is 0 Å². The number of rotatable bonds is 3. The zero-order valence-corrected chi connectivity index (χ0v) is 10.6. The summed E-state index contributed by atoms with van der Waals surface area (Å²) < 4.78 is 0. The lowest BCUT2D eigenvalue weighted by Gasteiger charge is -2.20. The van der Waals surface area contributed by atoms with E-state index >= 15 is 0 Å². The average Bonchev–Trinajstić information content (AvgIpc) is 2.77. The molecule has 0 saturated carbocycles. The Morgan fingerprint density at radius 2 is 1.79 bits per heavy atom. The van der Waals surface area contributed by atoms with Gasteiger partial charge in [0.1, 0.15) is 0 Å². The molecule has 96 valence electrons. The number of nitrogens with two attached hydrogens (primary N) is 1. The van der Waals surface area contributed by atoms with Gasteiger partial charge in [-0.15, -0.1) is 0 Å². The van der Waals surface area contributed by atoms with Gasteiger partial charge < -0.3 is 5.73 Å². The summed E-state index contributed by atoms with van der Waals surface area (Å²) in [6.45, 7) is 1.11. The van der Waals surface area contributed by atoms with Gasteiger partial charge in [0, 0.05) is 12.1 Å². The van der Waals surface area contributed by atoms with Crippen LogP contribution in [0.4, 0.5) is 0 Å². The predicted molar refractivity (Wildman–Crippen MR) is 74.6 cm³/mol. The van der Waals surface area contributed by atoms with Crippen molar-refractivity contribution < 1.29 is 4.79 Å². The van der Waals surface area contributed by atoms with E-state index in [9.17, 15) is 4.79 Å². The van der Waals surface area contributed by atoms with Gasteiger partial charge in [-0.3, -0.25) is 9.69 Å². The molecule has 3 nitrogen and oxygen atoms in total. The van der Waals surface area contributed by atoms with Crippen molar-refractivity contribution in [1.82, 2.24) is 4.90 Å². The molecule has 1 atom stereocenters. The van der Waals surface area contributed by atoms with Crippen molar-refractivity contribution in [3.8, 4) is 0 Å². The normalized spacial score (nSPS) is 18.3. The molecule has 0 spiro atoms. The fraction of sp³-hybridized carbons (Fsp3) is 0.188. The number of Topliss-reactive ketones (excluding diaryl/α,β-unsaturated/α-hetero) is 1. The van der Waals surface area contributed by atoms with E-state index in [2.05, 4.69) is 6.07 Å². The lowest BCUT2D eigenvalue weighted by atomic mass is 10.1. The first-order chi connectivity index (χ1) is 9.25. The van der Waals surface area contributed by atoms with Crippen LogP contribution in [-0.2, 0) is 6.54 Å². The zero-order chi connectivity index (χ0) is 13.2. The number of fused-ring (bicyclic) bond motifs is 1. The second kappa shape index (κ2) is 4.96. The molecular formula is C16H16N2O. The Hall–Kier alpha value is -1.97. The third-order valence-electron chi connectivity index (χ3n) is 3.58. The first-order valence-corrected chi connectivity index (χ1v) is 6.41. The standard InChI is InChI=1S/C16H16N2O/c17-16-14-9-5-4-8-13(14)10-18(16)11-15(19)12-6-2-1-3-7-12/h1-9,16H,10-11,17H2. The highest BCUT2D eigenvalue weighted by atomic mass is 16.1. The molecule has 1 heterocycles. The third kappa shape index (κ3) is 2.30. The molecule has 0 aliphatic carbocycles. The van der Waals surface area contributed by atoms with Crippen LogP contribution in [0.3, 0.4) is 0 Å². The predicted octanol–water partition coefficient (Wildman–Crippen LogP) is 2.34. The van der Waals surface area contributed by atoms with E-state index in [1.165, 1.54) is 5.56 Å². The highest BCUT2D eigenvalue weighted by Gasteiger charge is 2.28. The van der Waals surface area contributed by atoms with Crippen LogP contribution in [0.2, 0.25) is 0 Å². The van der Waals surface area contributed by atoms with Crippen molar-refractivity contribution in [1.29, 1.82) is 0 Å². The highest BCUT2D eigenvalue weighted by Crippen LogP contribution is 2.29. The lowest BCUT2D eigenvalue weighted by Crippen LogP contribution is -2.33. The first-order valence-electron chi connectivity index (χ1n) is 6.41. The fourth-order valence-corrected chi connectivity index (χ4v) is 2.53. The Balaban J connectivity index is 1.75. The van der Waals surface area contributed by atoms with Crippen LogP contribution in [0.5, 0.6) is 0 Å². The molecule has 19 heavy (non-hydrogen) atoms. The van der Waals surface area contributed by atoms with E-state index in [0.717, 1.165) is 17.7 Å². The number of hydrogen-bond donors (Lipinski definition) is 1. The van der Waals surface area contributed by atoms with E-state index in [1.54, 1.807) is 0 Å². The van der Waals surface area contributed by atoms with Crippen LogP contribution in [-0.4, -0.2) is 17.2 Å². The highest BCUT2D eigenvalue weighted by molar-refractivity contribution is 5.97. The Kier molecular flexibility index (Phi) is 3.15. The molecule has 2 N–H and O–H groups in total. The molecule has 0 bridgehead atoms. The summed E-state index contributed by atoms with van der Waals surface area (Å²) >= 11 is 0. The maximum Gasteiger partial charge on any atom is 0.176 e. The smallest absolute Gasteiger partial charge is 0.176 e. The van der Waals surface area contributed by atoms with Crippen molar-refractivity contribution in [3.05, 3.63) is 71.3 Å². The molecule has 0 aromatic heterocycles. The van der Waals surface area contributed by atoms with Gasteiger partial charge in [0.2, 0.25) is 0 Å². The van der Waals surface area contributed by atoms with Gasteiger partial charge >= 0.3 is 0 Å². The van der Waals surface area contributed by atoms with E-state index < -0.39 is 0 Å². The van der Waals surface area contributed by atoms with Crippen LogP contribution >= 0.6 is 0 Å². The molecule has 1 aliphatic heterocycles. The monoisotopic (exact) mass is 252 g/mol. The SMILES string of the molecule is NC1c2ccccc2CN1CC(=O)c1ccccc1. The molecule has 1 unspecified atom stereocenters. The van der Waals surface area contributed by atoms with Gasteiger partial charge in [-0.05, 0) is 11.1 Å². The molecule has 3 heteroatoms. The first kappa shape index (κ1) is 12.1. The molecule has 2 aromatic rings. The number of nitrogens with zero attached hydrogens (tertiary/aromatic N) is 1. The molecule has 0 fully saturated rings. The Morgan fingerprint density at radius 3 is 2.53 bits per heavy atom. The maximum atomic E-state index is 12.2. The van der Waals surface area contributed by atoms with E-state index in [0.29, 0.717) is 6.54 Å². The minimum atomic E-state index is -0.177. The summed E-state index contributed by atoms with van der Waals surface area (Å²) in [5.74, 6) is 0.115. The Labute approximate surface area is 112 Å². The minimum absolute atomic E-state index is 0.115. The fourth-order valence-electron chi connectivity index (χ4n) is 2.53. The summed E-state index contributed by atoms with van der Waals surface area (Å²) in [5.41, 5.74) is 9.28. The molecule has 2 aromatic carbocycles. The van der Waals surface area contributed by atoms with Gasteiger partial charge in [-0.2, -0.15) is 0 Å². The van der Waals surface area contributed by atoms with Crippen molar-refractivity contribution in [2.75, 3.05) is 6.54 Å². The van der Waals surface area contributed by atoms with Crippen LogP contribution in [0.25, 0.3) is 0 Å². The molecule has 0 amide bonds. The van der Waals surface area contributed by atoms with Gasteiger partial charge in [0.15, 0.2) is 5.78 Å². The quantitative estimate of drug-likeness (QED) is 0.853. The van der Waals surface area contributed by atoms with Crippen molar-refractivity contribution in [2.24, 2.45) is 5.73 Å². The average molecular weight is 252 g/mol. The van der Waals surface area contributed by atoms with Crippen molar-refractivity contribution in [2.45, 2.75) is 12.7 Å². The molecule has 3 rings (SSSR count). The Morgan fingerprint density at radius 1 is 1.11 bits per heavy atom. The van der Waals surface area contributed by atoms with E-state index in [-0.39, 0.29) is 11.9 Å². The topological polar surface area (TPSA) is 46.3 Å². The molecule has 1 aliphatic rings. The second-order valence-electron chi connectivity index (χ2n) is 4.84. The van der Waals surface area contributed by atoms with Crippen molar-refractivity contribution in [3.63, 3.8) is 0 Å². The number of benzene rings is 2. The molecule has 0 radical (unpaired) electrons. The number of carbonyl (C=O) groups is 1. The van der Waals surface area contributed by atoms with Crippen LogP contribution < -0.4 is 5.73 Å². The maximum absolute atomic E-state index is 12.2. The van der Waals surface area contributed by atoms with Crippen LogP contribution in [0.1, 0.15) is 27.7 Å². The summed E-state index contributed by atoms with van der Waals surface area (Å²) in [7, 11) is 0. The van der Waals surface area contributed by atoms with E-state index in [1.807, 2.05) is 53.4 Å². The third-order valence-corrected chi connectivity index (χ3v) is 3.58. The van der Waals surface area contributed by atoms with E-state index in [4.69, 9.17) is 5.73 Å². The van der Waals surface area contributed by atoms with Gasteiger partial charge in [0.25, 0.3) is 0 Å². The van der Waals surface area contributed by atoms with Crippen LogP contribution in [0.15, 0.2) is 54.6 Å². The Bertz CT molecular complexity index is 595. The zero-order valence-electron chi connectivity index (χ0n) is 10.6. The minimum Gasteiger partial charge on any atom is -0.312 e. The number of carbonyl (C=O) groups excluding carboxylic acids is 1. The second-order valence-corrected chi connectivity index (χ2v) is 4.84. The molecule has 0 saturated heterocycles. The van der Waals surface area contributed by atoms with Crippen LogP contribution in [0, 0.1) is 0 Å². The largest absolute Gasteiger partial charge is 0.312 e. The molecular weight excluding hydrogens is 236 g/mol. The summed E-state index contributed by atoms with van der Waals surface area (Å²) in [5, 5.41) is 0. The summed E-state index contributed by atoms with van der Waals surface area (Å²) in [4.78, 5) is 14.2. The number of hydrogen-bond acceptors (Lipinski definition) is 3. The lowest BCUT2D eigenvalue weighted by molar-refractivity contribution is 0.0902. The van der Waals surface area contributed by atoms with Gasteiger partial charge in [-0.1, -0.05) is 54.6 Å². The number of ketones is 1. The summed E-state index contributed by atoms with van der Waals surface area (Å²) in [6, 6.07) is 17.5. The summed E-state index contributed by atoms with van der Waals surface area (Å²) in [6.07, 6.45) is -0.177. The van der Waals surface area contributed by atoms with Gasteiger partial charge in [0.05, 0.1) is 12.7 Å². The van der Waals surface area contributed by atoms with Crippen molar-refractivity contribution >= 4 is 5.78 Å².